The van der Waals surface area contributed by atoms with Crippen LogP contribution in [-0.4, -0.2) is 39.4 Å². The Morgan fingerprint density at radius 2 is 1.69 bits per heavy atom. The number of methoxy groups -OCH3 is 1. The van der Waals surface area contributed by atoms with Crippen LogP contribution < -0.4 is 9.46 Å². The minimum absolute atomic E-state index is 0.0498. The van der Waals surface area contributed by atoms with Crippen molar-refractivity contribution in [2.75, 3.05) is 24.9 Å². The molecule has 29 heavy (non-hydrogen) atoms. The van der Waals surface area contributed by atoms with Gasteiger partial charge < -0.3 is 9.64 Å². The standard InChI is InChI=1S/C22H28N2O4S/c1-4-16-9-8-10-17(5-2)21(16)23-29(26,27)18-11-12-20(28-3)19(15-18)22(25)24-13-6-7-14-24/h8-12,15,23H,4-7,13-14H2,1-3H3. The second-order valence-electron chi connectivity index (χ2n) is 7.13. The molecule has 1 heterocycles. The molecule has 156 valence electrons. The Bertz CT molecular complexity index is 974. The van der Waals surface area contributed by atoms with E-state index in [9.17, 15) is 13.2 Å². The molecule has 1 aliphatic rings. The second kappa shape index (κ2) is 8.86. The highest BCUT2D eigenvalue weighted by Gasteiger charge is 2.26. The van der Waals surface area contributed by atoms with Crippen LogP contribution in [0.5, 0.6) is 5.75 Å². The number of nitrogens with one attached hydrogen (secondary N) is 1. The molecular formula is C22H28N2O4S. The topological polar surface area (TPSA) is 75.7 Å². The molecule has 1 aliphatic heterocycles. The summed E-state index contributed by atoms with van der Waals surface area (Å²) in [4.78, 5) is 14.7. The van der Waals surface area contributed by atoms with Gasteiger partial charge in [0.1, 0.15) is 5.75 Å². The van der Waals surface area contributed by atoms with E-state index in [1.807, 2.05) is 32.0 Å². The van der Waals surface area contributed by atoms with Gasteiger partial charge in [0.2, 0.25) is 0 Å². The lowest BCUT2D eigenvalue weighted by Gasteiger charge is -2.19. The Kier molecular flexibility index (Phi) is 6.47. The van der Waals surface area contributed by atoms with Crippen LogP contribution in [0.1, 0.15) is 48.2 Å². The summed E-state index contributed by atoms with van der Waals surface area (Å²) in [5.41, 5.74) is 2.78. The van der Waals surface area contributed by atoms with E-state index in [0.717, 1.165) is 24.0 Å². The number of carbonyl (C=O) groups is 1. The van der Waals surface area contributed by atoms with Gasteiger partial charge in [0, 0.05) is 13.1 Å². The molecule has 1 amide bonds. The molecule has 0 aromatic heterocycles. The number of aryl methyl sites for hydroxylation is 2. The van der Waals surface area contributed by atoms with Gasteiger partial charge in [-0.1, -0.05) is 32.0 Å². The first-order valence-corrected chi connectivity index (χ1v) is 11.5. The van der Waals surface area contributed by atoms with Gasteiger partial charge >= 0.3 is 0 Å². The Labute approximate surface area is 172 Å². The number of sulfonamides is 1. The van der Waals surface area contributed by atoms with Gasteiger partial charge in [-0.3, -0.25) is 9.52 Å². The Hall–Kier alpha value is -2.54. The number of nitrogens with zero attached hydrogens (tertiary/aromatic N) is 1. The van der Waals surface area contributed by atoms with Crippen LogP contribution in [0.4, 0.5) is 5.69 Å². The maximum atomic E-state index is 13.2. The van der Waals surface area contributed by atoms with Crippen LogP contribution in [-0.2, 0) is 22.9 Å². The quantitative estimate of drug-likeness (QED) is 0.744. The molecule has 0 saturated carbocycles. The predicted octanol–water partition coefficient (Wildman–Crippen LogP) is 3.86. The van der Waals surface area contributed by atoms with Crippen molar-refractivity contribution in [2.45, 2.75) is 44.4 Å². The summed E-state index contributed by atoms with van der Waals surface area (Å²) in [5, 5.41) is 0. The highest BCUT2D eigenvalue weighted by atomic mass is 32.2. The smallest absolute Gasteiger partial charge is 0.261 e. The zero-order chi connectivity index (χ0) is 21.0. The fraction of sp³-hybridized carbons (Fsp3) is 0.409. The van der Waals surface area contributed by atoms with Crippen molar-refractivity contribution in [3.05, 3.63) is 53.1 Å². The summed E-state index contributed by atoms with van der Waals surface area (Å²) in [6.07, 6.45) is 3.35. The molecule has 0 radical (unpaired) electrons. The molecule has 1 fully saturated rings. The fourth-order valence-corrected chi connectivity index (χ4v) is 4.85. The van der Waals surface area contributed by atoms with Crippen LogP contribution in [0.2, 0.25) is 0 Å². The van der Waals surface area contributed by atoms with E-state index < -0.39 is 10.0 Å². The predicted molar refractivity (Wildman–Crippen MR) is 114 cm³/mol. The summed E-state index contributed by atoms with van der Waals surface area (Å²) in [6.45, 7) is 5.35. The SMILES string of the molecule is CCc1cccc(CC)c1NS(=O)(=O)c1ccc(OC)c(C(=O)N2CCCC2)c1. The lowest BCUT2D eigenvalue weighted by molar-refractivity contribution is 0.0789. The third-order valence-electron chi connectivity index (χ3n) is 5.34. The second-order valence-corrected chi connectivity index (χ2v) is 8.81. The first-order chi connectivity index (χ1) is 13.9. The number of para-hydroxylation sites is 1. The van der Waals surface area contributed by atoms with E-state index in [0.29, 0.717) is 37.4 Å². The van der Waals surface area contributed by atoms with Gasteiger partial charge in [-0.15, -0.1) is 0 Å². The number of likely N-dealkylation sites (tertiary alicyclic amines) is 1. The average Bonchev–Trinajstić information content (AvgIpc) is 3.27. The third-order valence-corrected chi connectivity index (χ3v) is 6.69. The number of ether oxygens (including phenoxy) is 1. The molecule has 0 bridgehead atoms. The van der Waals surface area contributed by atoms with Gasteiger partial charge in [0.15, 0.2) is 0 Å². The monoisotopic (exact) mass is 416 g/mol. The normalized spacial score (nSPS) is 14.1. The number of amides is 1. The van der Waals surface area contributed by atoms with Crippen LogP contribution >= 0.6 is 0 Å². The summed E-state index contributed by atoms with van der Waals surface area (Å²) in [7, 11) is -2.38. The summed E-state index contributed by atoms with van der Waals surface area (Å²) in [5.74, 6) is 0.184. The van der Waals surface area contributed by atoms with Crippen LogP contribution in [0, 0.1) is 0 Å². The lowest BCUT2D eigenvalue weighted by Crippen LogP contribution is -2.28. The van der Waals surface area contributed by atoms with Crippen LogP contribution in [0.3, 0.4) is 0 Å². The molecule has 7 heteroatoms. The molecule has 6 nitrogen and oxygen atoms in total. The van der Waals surface area contributed by atoms with Crippen molar-refractivity contribution in [2.24, 2.45) is 0 Å². The van der Waals surface area contributed by atoms with Gasteiger partial charge in [0.25, 0.3) is 15.9 Å². The summed E-state index contributed by atoms with van der Waals surface area (Å²) in [6, 6.07) is 10.2. The van der Waals surface area contributed by atoms with E-state index in [2.05, 4.69) is 4.72 Å². The Balaban J connectivity index is 2.00. The number of rotatable bonds is 7. The minimum Gasteiger partial charge on any atom is -0.496 e. The zero-order valence-electron chi connectivity index (χ0n) is 17.2. The number of hydrogen-bond acceptors (Lipinski definition) is 4. The van der Waals surface area contributed by atoms with Crippen molar-refractivity contribution >= 4 is 21.6 Å². The molecule has 0 unspecified atom stereocenters. The van der Waals surface area contributed by atoms with E-state index in [1.165, 1.54) is 19.2 Å². The molecule has 1 N–H and O–H groups in total. The summed E-state index contributed by atoms with van der Waals surface area (Å²) < 4.78 is 34.4. The van der Waals surface area contributed by atoms with Crippen LogP contribution in [0.25, 0.3) is 0 Å². The number of hydrogen-bond donors (Lipinski definition) is 1. The molecule has 0 aliphatic carbocycles. The van der Waals surface area contributed by atoms with Crippen molar-refractivity contribution in [3.63, 3.8) is 0 Å². The third kappa shape index (κ3) is 4.40. The van der Waals surface area contributed by atoms with E-state index in [-0.39, 0.29) is 16.4 Å². The molecule has 3 rings (SSSR count). The molecule has 2 aromatic rings. The Morgan fingerprint density at radius 1 is 1.07 bits per heavy atom. The van der Waals surface area contributed by atoms with Gasteiger partial charge in [0.05, 0.1) is 23.3 Å². The first-order valence-electron chi connectivity index (χ1n) is 10.0. The van der Waals surface area contributed by atoms with Crippen molar-refractivity contribution in [1.29, 1.82) is 0 Å². The highest BCUT2D eigenvalue weighted by Crippen LogP contribution is 2.29. The molecule has 0 atom stereocenters. The molecule has 1 saturated heterocycles. The largest absolute Gasteiger partial charge is 0.496 e. The average molecular weight is 417 g/mol. The van der Waals surface area contributed by atoms with Crippen molar-refractivity contribution < 1.29 is 17.9 Å². The lowest BCUT2D eigenvalue weighted by atomic mass is 10.0. The van der Waals surface area contributed by atoms with Crippen molar-refractivity contribution in [1.82, 2.24) is 4.90 Å². The molecular weight excluding hydrogens is 388 g/mol. The van der Waals surface area contributed by atoms with Gasteiger partial charge in [-0.25, -0.2) is 8.42 Å². The number of anilines is 1. The molecule has 2 aromatic carbocycles. The van der Waals surface area contributed by atoms with E-state index in [1.54, 1.807) is 11.0 Å². The molecule has 0 spiro atoms. The van der Waals surface area contributed by atoms with Gasteiger partial charge in [-0.05, 0) is 55.0 Å². The maximum Gasteiger partial charge on any atom is 0.261 e. The van der Waals surface area contributed by atoms with E-state index in [4.69, 9.17) is 4.74 Å². The Morgan fingerprint density at radius 3 is 2.24 bits per heavy atom. The first kappa shape index (κ1) is 21.2. The van der Waals surface area contributed by atoms with E-state index >= 15 is 0 Å². The zero-order valence-corrected chi connectivity index (χ0v) is 18.0. The number of carbonyl (C=O) groups excluding carboxylic acids is 1. The number of benzene rings is 2. The van der Waals surface area contributed by atoms with Crippen molar-refractivity contribution in [3.8, 4) is 5.75 Å². The fourth-order valence-electron chi connectivity index (χ4n) is 3.68. The van der Waals surface area contributed by atoms with Gasteiger partial charge in [-0.2, -0.15) is 0 Å². The highest BCUT2D eigenvalue weighted by molar-refractivity contribution is 7.92. The summed E-state index contributed by atoms with van der Waals surface area (Å²) >= 11 is 0. The minimum atomic E-state index is -3.86. The maximum absolute atomic E-state index is 13.2. The van der Waals surface area contributed by atoms with Crippen LogP contribution in [0.15, 0.2) is 41.3 Å².